The van der Waals surface area contributed by atoms with Gasteiger partial charge in [0, 0.05) is 24.1 Å². The van der Waals surface area contributed by atoms with Crippen molar-refractivity contribution in [2.75, 3.05) is 67.5 Å². The first-order valence-electron chi connectivity index (χ1n) is 12.4. The number of halogens is 2. The van der Waals surface area contributed by atoms with Crippen LogP contribution in [0.2, 0.25) is 0 Å². The van der Waals surface area contributed by atoms with Gasteiger partial charge in [-0.25, -0.2) is 4.39 Å². The van der Waals surface area contributed by atoms with Crippen LogP contribution in [0.25, 0.3) is 0 Å². The molecule has 0 spiro atoms. The molecule has 0 bridgehead atoms. The average molecular weight is 583 g/mol. The standard InChI is InChI=1S/C27H36BrFN2O6/c1-33-23-14-19-6-10-31(18-20(19)15-24(23)34-2)9-5-4-8-30-27(32)22-16-21(28)17-25(35-3)26(22)37-13-12-36-11-7-29/h14-17H,4-13,18H2,1-3H3,(H,30,32). The number of nitrogens with one attached hydrogen (secondary N) is 1. The van der Waals surface area contributed by atoms with Crippen LogP contribution in [0.15, 0.2) is 28.7 Å². The Hall–Kier alpha value is -2.56. The van der Waals surface area contributed by atoms with Gasteiger partial charge in [-0.2, -0.15) is 0 Å². The summed E-state index contributed by atoms with van der Waals surface area (Å²) < 4.78 is 40.1. The third-order valence-corrected chi connectivity index (χ3v) is 6.62. The molecular weight excluding hydrogens is 547 g/mol. The molecule has 10 heteroatoms. The number of hydrogen-bond donors (Lipinski definition) is 1. The van der Waals surface area contributed by atoms with E-state index in [0.717, 1.165) is 50.4 Å². The lowest BCUT2D eigenvalue weighted by atomic mass is 9.98. The molecule has 8 nitrogen and oxygen atoms in total. The summed E-state index contributed by atoms with van der Waals surface area (Å²) in [6.45, 7) is 3.20. The van der Waals surface area contributed by atoms with Gasteiger partial charge in [0.2, 0.25) is 0 Å². The lowest BCUT2D eigenvalue weighted by molar-refractivity contribution is 0.0864. The second-order valence-corrected chi connectivity index (χ2v) is 9.52. The van der Waals surface area contributed by atoms with Crippen molar-refractivity contribution in [3.05, 3.63) is 45.4 Å². The van der Waals surface area contributed by atoms with E-state index in [9.17, 15) is 9.18 Å². The highest BCUT2D eigenvalue weighted by molar-refractivity contribution is 9.10. The molecule has 0 unspecified atom stereocenters. The molecule has 3 rings (SSSR count). The van der Waals surface area contributed by atoms with Crippen LogP contribution in [-0.2, 0) is 17.7 Å². The summed E-state index contributed by atoms with van der Waals surface area (Å²) in [5.41, 5.74) is 2.94. The van der Waals surface area contributed by atoms with Crippen molar-refractivity contribution < 1.29 is 32.9 Å². The maximum absolute atomic E-state index is 13.0. The highest BCUT2D eigenvalue weighted by atomic mass is 79.9. The minimum atomic E-state index is -0.551. The Morgan fingerprint density at radius 1 is 0.973 bits per heavy atom. The van der Waals surface area contributed by atoms with Gasteiger partial charge in [-0.15, -0.1) is 0 Å². The number of carbonyl (C=O) groups excluding carboxylic acids is 1. The number of ether oxygens (including phenoxy) is 5. The molecule has 204 valence electrons. The Kier molecular flexibility index (Phi) is 11.8. The molecule has 0 aromatic heterocycles. The highest BCUT2D eigenvalue weighted by Gasteiger charge is 2.20. The van der Waals surface area contributed by atoms with Crippen molar-refractivity contribution in [2.24, 2.45) is 0 Å². The van der Waals surface area contributed by atoms with Crippen LogP contribution >= 0.6 is 15.9 Å². The molecule has 0 saturated heterocycles. The SMILES string of the molecule is COc1cc2c(cc1OC)CN(CCCCNC(=O)c1cc(Br)cc(OC)c1OCCOCCF)CC2. The number of methoxy groups -OCH3 is 3. The molecule has 0 radical (unpaired) electrons. The number of alkyl halides is 1. The summed E-state index contributed by atoms with van der Waals surface area (Å²) in [5.74, 6) is 2.06. The Morgan fingerprint density at radius 3 is 2.41 bits per heavy atom. The van der Waals surface area contributed by atoms with E-state index < -0.39 is 6.67 Å². The van der Waals surface area contributed by atoms with Gasteiger partial charge in [-0.3, -0.25) is 9.69 Å². The zero-order valence-electron chi connectivity index (χ0n) is 21.7. The summed E-state index contributed by atoms with van der Waals surface area (Å²) in [6, 6.07) is 7.58. The molecule has 0 atom stereocenters. The molecule has 0 saturated carbocycles. The zero-order valence-corrected chi connectivity index (χ0v) is 23.3. The number of nitrogens with zero attached hydrogens (tertiary/aromatic N) is 1. The number of hydrogen-bond acceptors (Lipinski definition) is 7. The minimum absolute atomic E-state index is 0.0149. The smallest absolute Gasteiger partial charge is 0.255 e. The summed E-state index contributed by atoms with van der Waals surface area (Å²) in [6.07, 6.45) is 2.78. The van der Waals surface area contributed by atoms with E-state index in [2.05, 4.69) is 38.3 Å². The highest BCUT2D eigenvalue weighted by Crippen LogP contribution is 2.35. The molecule has 2 aromatic carbocycles. The van der Waals surface area contributed by atoms with Gasteiger partial charge in [-0.1, -0.05) is 15.9 Å². The molecule has 1 amide bonds. The lowest BCUT2D eigenvalue weighted by Crippen LogP contribution is -2.32. The van der Waals surface area contributed by atoms with Crippen LogP contribution in [0.4, 0.5) is 4.39 Å². The van der Waals surface area contributed by atoms with Gasteiger partial charge < -0.3 is 29.0 Å². The first-order chi connectivity index (χ1) is 18.0. The van der Waals surface area contributed by atoms with Gasteiger partial charge in [-0.05, 0) is 61.2 Å². The summed E-state index contributed by atoms with van der Waals surface area (Å²) in [7, 11) is 4.83. The largest absolute Gasteiger partial charge is 0.493 e. The fraction of sp³-hybridized carbons (Fsp3) is 0.519. The molecule has 1 heterocycles. The maximum atomic E-state index is 13.0. The quantitative estimate of drug-likeness (QED) is 0.312. The monoisotopic (exact) mass is 582 g/mol. The first kappa shape index (κ1) is 29.0. The van der Waals surface area contributed by atoms with E-state index in [1.165, 1.54) is 18.2 Å². The van der Waals surface area contributed by atoms with Crippen molar-refractivity contribution in [1.29, 1.82) is 0 Å². The van der Waals surface area contributed by atoms with Crippen LogP contribution in [0.3, 0.4) is 0 Å². The topological polar surface area (TPSA) is 78.5 Å². The van der Waals surface area contributed by atoms with Crippen molar-refractivity contribution in [3.8, 4) is 23.0 Å². The molecular formula is C27H36BrFN2O6. The number of fused-ring (bicyclic) bond motifs is 1. The average Bonchev–Trinajstić information content (AvgIpc) is 2.91. The van der Waals surface area contributed by atoms with Crippen molar-refractivity contribution >= 4 is 21.8 Å². The molecule has 37 heavy (non-hydrogen) atoms. The molecule has 0 aliphatic carbocycles. The third-order valence-electron chi connectivity index (χ3n) is 6.16. The molecule has 2 aromatic rings. The fourth-order valence-corrected chi connectivity index (χ4v) is 4.72. The number of rotatable bonds is 15. The van der Waals surface area contributed by atoms with Crippen molar-refractivity contribution in [2.45, 2.75) is 25.8 Å². The normalized spacial score (nSPS) is 13.1. The fourth-order valence-electron chi connectivity index (χ4n) is 4.29. The van der Waals surface area contributed by atoms with Crippen LogP contribution in [-0.4, -0.2) is 78.3 Å². The van der Waals surface area contributed by atoms with Gasteiger partial charge in [0.25, 0.3) is 5.91 Å². The Morgan fingerprint density at radius 2 is 1.70 bits per heavy atom. The van der Waals surface area contributed by atoms with Crippen LogP contribution in [0.5, 0.6) is 23.0 Å². The van der Waals surface area contributed by atoms with Gasteiger partial charge in [0.15, 0.2) is 23.0 Å². The predicted octanol–water partition coefficient (Wildman–Crippen LogP) is 4.41. The number of carbonyl (C=O) groups is 1. The van der Waals surface area contributed by atoms with E-state index in [-0.39, 0.29) is 25.7 Å². The summed E-state index contributed by atoms with van der Waals surface area (Å²) >= 11 is 3.42. The van der Waals surface area contributed by atoms with Gasteiger partial charge in [0.05, 0.1) is 40.1 Å². The molecule has 1 aliphatic rings. The van der Waals surface area contributed by atoms with Crippen LogP contribution in [0.1, 0.15) is 34.3 Å². The summed E-state index contributed by atoms with van der Waals surface area (Å²) in [5, 5.41) is 2.98. The molecule has 0 fully saturated rings. The first-order valence-corrected chi connectivity index (χ1v) is 13.2. The zero-order chi connectivity index (χ0) is 26.6. The number of amides is 1. The Bertz CT molecular complexity index is 1040. The van der Waals surface area contributed by atoms with Crippen molar-refractivity contribution in [1.82, 2.24) is 10.2 Å². The minimum Gasteiger partial charge on any atom is -0.493 e. The van der Waals surface area contributed by atoms with E-state index in [4.69, 9.17) is 23.7 Å². The molecule has 1 N–H and O–H groups in total. The second kappa shape index (κ2) is 15.0. The Labute approximate surface area is 226 Å². The van der Waals surface area contributed by atoms with Crippen molar-refractivity contribution in [3.63, 3.8) is 0 Å². The Balaban J connectivity index is 1.48. The summed E-state index contributed by atoms with van der Waals surface area (Å²) in [4.78, 5) is 15.4. The number of benzene rings is 2. The van der Waals surface area contributed by atoms with Gasteiger partial charge >= 0.3 is 0 Å². The van der Waals surface area contributed by atoms with Crippen LogP contribution < -0.4 is 24.3 Å². The maximum Gasteiger partial charge on any atom is 0.255 e. The number of unbranched alkanes of at least 4 members (excludes halogenated alkanes) is 1. The third kappa shape index (κ3) is 8.21. The van der Waals surface area contributed by atoms with E-state index >= 15 is 0 Å². The van der Waals surface area contributed by atoms with Crippen LogP contribution in [0, 0.1) is 0 Å². The van der Waals surface area contributed by atoms with Gasteiger partial charge in [0.1, 0.15) is 13.3 Å². The lowest BCUT2D eigenvalue weighted by Gasteiger charge is -2.29. The van der Waals surface area contributed by atoms with E-state index in [1.807, 2.05) is 0 Å². The van der Waals surface area contributed by atoms with E-state index in [1.54, 1.807) is 26.4 Å². The second-order valence-electron chi connectivity index (χ2n) is 8.60. The molecule has 1 aliphatic heterocycles. The van der Waals surface area contributed by atoms with E-state index in [0.29, 0.717) is 28.1 Å². The predicted molar refractivity (Wildman–Crippen MR) is 143 cm³/mol.